The monoisotopic (exact) mass is 336 g/mol. The molecule has 0 saturated carbocycles. The van der Waals surface area contributed by atoms with Crippen molar-refractivity contribution >= 4 is 48.7 Å². The van der Waals surface area contributed by atoms with Gasteiger partial charge in [0.1, 0.15) is 0 Å². The molecule has 1 aliphatic rings. The molecule has 0 aromatic heterocycles. The molecule has 19 heavy (non-hydrogen) atoms. The Morgan fingerprint density at radius 3 is 2.53 bits per heavy atom. The Bertz CT molecular complexity index is 570. The van der Waals surface area contributed by atoms with E-state index in [0.29, 0.717) is 0 Å². The maximum absolute atomic E-state index is 11.5. The minimum Gasteiger partial charge on any atom is -0.251 e. The van der Waals surface area contributed by atoms with E-state index < -0.39 is 14.7 Å². The summed E-state index contributed by atoms with van der Waals surface area (Å²) in [6.07, 6.45) is 3.60. The molecule has 0 spiro atoms. The third kappa shape index (κ3) is 3.71. The first-order valence-electron chi connectivity index (χ1n) is 5.20. The summed E-state index contributed by atoms with van der Waals surface area (Å²) in [6, 6.07) is 9.76. The first kappa shape index (κ1) is 15.3. The molecule has 1 aliphatic heterocycles. The summed E-state index contributed by atoms with van der Waals surface area (Å²) in [5.74, 6) is 0. The second-order valence-corrected chi connectivity index (χ2v) is 8.48. The summed E-state index contributed by atoms with van der Waals surface area (Å²) in [6.45, 7) is 0. The number of thioether (sulfide) groups is 1. The first-order chi connectivity index (χ1) is 9.00. The van der Waals surface area contributed by atoms with Crippen LogP contribution in [0.3, 0.4) is 0 Å². The second kappa shape index (κ2) is 6.11. The average Bonchev–Trinajstić information content (AvgIpc) is 2.84. The van der Waals surface area contributed by atoms with E-state index in [1.165, 1.54) is 33.3 Å². The zero-order valence-corrected chi connectivity index (χ0v) is 13.5. The van der Waals surface area contributed by atoms with Crippen molar-refractivity contribution in [2.45, 2.75) is 4.27 Å². The fourth-order valence-corrected chi connectivity index (χ4v) is 6.51. The summed E-state index contributed by atoms with van der Waals surface area (Å²) in [4.78, 5) is 0.978. The van der Waals surface area contributed by atoms with Crippen molar-refractivity contribution in [2.75, 3.05) is 13.4 Å². The van der Waals surface area contributed by atoms with Crippen LogP contribution in [0.15, 0.2) is 36.4 Å². The van der Waals surface area contributed by atoms with E-state index in [9.17, 15) is 8.42 Å². The Hall–Kier alpha value is -0.120. The number of rotatable bonds is 5. The van der Waals surface area contributed by atoms with Gasteiger partial charge in [-0.05, 0) is 28.7 Å². The predicted molar refractivity (Wildman–Crippen MR) is 82.9 cm³/mol. The molecule has 2 rings (SSSR count). The zero-order valence-electron chi connectivity index (χ0n) is 10.2. The molecule has 1 aromatic carbocycles. The van der Waals surface area contributed by atoms with E-state index in [4.69, 9.17) is 4.18 Å². The molecule has 1 aromatic rings. The number of hydrogen-bond acceptors (Lipinski definition) is 7. The fourth-order valence-electron chi connectivity index (χ4n) is 1.39. The van der Waals surface area contributed by atoms with E-state index in [1.807, 2.05) is 30.3 Å². The van der Waals surface area contributed by atoms with Crippen LogP contribution in [-0.4, -0.2) is 26.0 Å². The third-order valence-electron chi connectivity index (χ3n) is 2.32. The SMILES string of the molecule is COS(=O)(=O)O[C@@]1(SC)C=C(c2ccccc2)SS1. The molecule has 1 heterocycles. The highest BCUT2D eigenvalue weighted by Gasteiger charge is 2.40. The summed E-state index contributed by atoms with van der Waals surface area (Å²) in [5.41, 5.74) is 1.04. The minimum atomic E-state index is -3.98. The van der Waals surface area contributed by atoms with Gasteiger partial charge in [-0.25, -0.2) is 4.18 Å². The minimum absolute atomic E-state index is 0.978. The fraction of sp³-hybridized carbons (Fsp3) is 0.273. The van der Waals surface area contributed by atoms with Crippen LogP contribution in [-0.2, 0) is 18.8 Å². The van der Waals surface area contributed by atoms with Gasteiger partial charge in [-0.2, -0.15) is 8.42 Å². The standard InChI is InChI=1S/C11H12O4S4/c1-14-19(12,13)15-11(16-2)8-10(17-18-11)9-6-4-3-5-7-9/h3-8H,1-2H3/t11-/m1/s1. The molecule has 0 N–H and O–H groups in total. The molecule has 104 valence electrons. The molecule has 0 radical (unpaired) electrons. The zero-order chi connectivity index (χ0) is 13.9. The van der Waals surface area contributed by atoms with Crippen molar-refractivity contribution in [3.63, 3.8) is 0 Å². The molecule has 0 bridgehead atoms. The molecule has 0 amide bonds. The highest BCUT2D eigenvalue weighted by atomic mass is 33.1. The van der Waals surface area contributed by atoms with Gasteiger partial charge in [-0.3, -0.25) is 4.18 Å². The van der Waals surface area contributed by atoms with Crippen molar-refractivity contribution in [1.29, 1.82) is 0 Å². The quantitative estimate of drug-likeness (QED) is 0.603. The Labute approximate surface area is 125 Å². The summed E-state index contributed by atoms with van der Waals surface area (Å²) < 4.78 is 31.4. The van der Waals surface area contributed by atoms with Crippen molar-refractivity contribution in [1.82, 2.24) is 0 Å². The van der Waals surface area contributed by atoms with Gasteiger partial charge < -0.3 is 0 Å². The van der Waals surface area contributed by atoms with Gasteiger partial charge >= 0.3 is 10.4 Å². The van der Waals surface area contributed by atoms with E-state index in [1.54, 1.807) is 12.3 Å². The Balaban J connectivity index is 2.28. The van der Waals surface area contributed by atoms with Crippen molar-refractivity contribution in [2.24, 2.45) is 0 Å². The van der Waals surface area contributed by atoms with Crippen LogP contribution in [0.4, 0.5) is 0 Å². The summed E-state index contributed by atoms with van der Waals surface area (Å²) in [5, 5.41) is 0. The summed E-state index contributed by atoms with van der Waals surface area (Å²) >= 11 is 1.30. The highest BCUT2D eigenvalue weighted by Crippen LogP contribution is 2.58. The van der Waals surface area contributed by atoms with Crippen molar-refractivity contribution < 1.29 is 16.8 Å². The van der Waals surface area contributed by atoms with Crippen molar-refractivity contribution in [3.8, 4) is 0 Å². The Morgan fingerprint density at radius 1 is 1.26 bits per heavy atom. The van der Waals surface area contributed by atoms with Gasteiger partial charge in [-0.1, -0.05) is 41.1 Å². The van der Waals surface area contributed by atoms with Crippen LogP contribution in [0.25, 0.3) is 4.91 Å². The van der Waals surface area contributed by atoms with Gasteiger partial charge in [0.2, 0.25) is 4.27 Å². The number of benzene rings is 1. The normalized spacial score (nSPS) is 23.4. The van der Waals surface area contributed by atoms with Gasteiger partial charge in [0, 0.05) is 4.91 Å². The van der Waals surface area contributed by atoms with Crippen LogP contribution in [0.1, 0.15) is 5.56 Å². The lowest BCUT2D eigenvalue weighted by Gasteiger charge is -2.21. The lowest BCUT2D eigenvalue weighted by Crippen LogP contribution is -2.24. The molecule has 0 unspecified atom stereocenters. The molecule has 4 nitrogen and oxygen atoms in total. The molecular weight excluding hydrogens is 324 g/mol. The Kier molecular flexibility index (Phi) is 4.91. The predicted octanol–water partition coefficient (Wildman–Crippen LogP) is 3.35. The first-order valence-corrected chi connectivity index (χ1v) is 9.91. The maximum atomic E-state index is 11.5. The number of hydrogen-bond donors (Lipinski definition) is 0. The third-order valence-corrected chi connectivity index (χ3v) is 7.83. The van der Waals surface area contributed by atoms with Crippen LogP contribution in [0.2, 0.25) is 0 Å². The van der Waals surface area contributed by atoms with Gasteiger partial charge in [0.25, 0.3) is 0 Å². The topological polar surface area (TPSA) is 52.6 Å². The molecule has 0 aliphatic carbocycles. The van der Waals surface area contributed by atoms with Crippen LogP contribution in [0, 0.1) is 0 Å². The van der Waals surface area contributed by atoms with E-state index in [-0.39, 0.29) is 0 Å². The van der Waals surface area contributed by atoms with Crippen LogP contribution < -0.4 is 0 Å². The average molecular weight is 336 g/mol. The molecule has 1 atom stereocenters. The lowest BCUT2D eigenvalue weighted by molar-refractivity contribution is 0.236. The van der Waals surface area contributed by atoms with Crippen LogP contribution >= 0.6 is 33.3 Å². The molecule has 8 heteroatoms. The molecule has 0 saturated heterocycles. The second-order valence-electron chi connectivity index (χ2n) is 3.51. The molecule has 0 fully saturated rings. The van der Waals surface area contributed by atoms with Gasteiger partial charge in [-0.15, -0.1) is 11.8 Å². The maximum Gasteiger partial charge on any atom is 0.402 e. The largest absolute Gasteiger partial charge is 0.402 e. The van der Waals surface area contributed by atoms with Gasteiger partial charge in [0.15, 0.2) is 0 Å². The highest BCUT2D eigenvalue weighted by molar-refractivity contribution is 8.82. The Morgan fingerprint density at radius 2 is 1.95 bits per heavy atom. The van der Waals surface area contributed by atoms with E-state index in [2.05, 4.69) is 4.18 Å². The smallest absolute Gasteiger partial charge is 0.251 e. The van der Waals surface area contributed by atoms with Crippen LogP contribution in [0.5, 0.6) is 0 Å². The van der Waals surface area contributed by atoms with E-state index >= 15 is 0 Å². The molecular formula is C11H12O4S4. The lowest BCUT2D eigenvalue weighted by atomic mass is 10.2. The van der Waals surface area contributed by atoms with E-state index in [0.717, 1.165) is 17.6 Å². The van der Waals surface area contributed by atoms with Crippen molar-refractivity contribution in [3.05, 3.63) is 42.0 Å². The van der Waals surface area contributed by atoms with Gasteiger partial charge in [0.05, 0.1) is 7.11 Å². The summed E-state index contributed by atoms with van der Waals surface area (Å²) in [7, 11) is -0.0666.